The minimum Gasteiger partial charge on any atom is -0.493 e. The van der Waals surface area contributed by atoms with Crippen molar-refractivity contribution in [2.45, 2.75) is 31.9 Å². The second-order valence-electron chi connectivity index (χ2n) is 4.94. The van der Waals surface area contributed by atoms with Gasteiger partial charge in [0.25, 0.3) is 0 Å². The Kier molecular flexibility index (Phi) is 4.96. The van der Waals surface area contributed by atoms with Gasteiger partial charge >= 0.3 is 0 Å². The lowest BCUT2D eigenvalue weighted by Gasteiger charge is -2.15. The largest absolute Gasteiger partial charge is 0.493 e. The van der Waals surface area contributed by atoms with E-state index in [4.69, 9.17) is 25.8 Å². The van der Waals surface area contributed by atoms with Gasteiger partial charge in [-0.05, 0) is 13.8 Å². The molecular formula is C15H21ClN2O3. The molecule has 2 unspecified atom stereocenters. The average molecular weight is 313 g/mol. The van der Waals surface area contributed by atoms with Crippen molar-refractivity contribution in [2.75, 3.05) is 21.3 Å². The Morgan fingerprint density at radius 3 is 2.29 bits per heavy atom. The summed E-state index contributed by atoms with van der Waals surface area (Å²) in [5.74, 6) is 2.14. The molecule has 2 rings (SSSR count). The molecule has 0 spiro atoms. The summed E-state index contributed by atoms with van der Waals surface area (Å²) in [6.07, 6.45) is 0.0599. The summed E-state index contributed by atoms with van der Waals surface area (Å²) in [5, 5.41) is -0.196. The lowest BCUT2D eigenvalue weighted by molar-refractivity contribution is 0.103. The Labute approximate surface area is 129 Å². The van der Waals surface area contributed by atoms with E-state index in [9.17, 15) is 0 Å². The Morgan fingerprint density at radius 2 is 1.76 bits per heavy atom. The van der Waals surface area contributed by atoms with Crippen molar-refractivity contribution < 1.29 is 14.2 Å². The molecular weight excluding hydrogens is 292 g/mol. The van der Waals surface area contributed by atoms with Crippen molar-refractivity contribution in [3.63, 3.8) is 0 Å². The summed E-state index contributed by atoms with van der Waals surface area (Å²) in [7, 11) is 4.92. The molecule has 1 aromatic heterocycles. The fourth-order valence-corrected chi connectivity index (χ4v) is 2.46. The van der Waals surface area contributed by atoms with Crippen molar-refractivity contribution in [1.29, 1.82) is 0 Å². The van der Waals surface area contributed by atoms with E-state index >= 15 is 0 Å². The van der Waals surface area contributed by atoms with Gasteiger partial charge in [0, 0.05) is 19.2 Å². The van der Waals surface area contributed by atoms with E-state index in [2.05, 4.69) is 9.55 Å². The molecule has 116 valence electrons. The highest BCUT2D eigenvalue weighted by molar-refractivity contribution is 6.20. The van der Waals surface area contributed by atoms with Gasteiger partial charge in [0.2, 0.25) is 0 Å². The zero-order valence-electron chi connectivity index (χ0n) is 13.0. The van der Waals surface area contributed by atoms with E-state index in [0.29, 0.717) is 18.0 Å². The van der Waals surface area contributed by atoms with Crippen LogP contribution >= 0.6 is 11.6 Å². The van der Waals surface area contributed by atoms with Crippen LogP contribution in [0.4, 0.5) is 0 Å². The highest BCUT2D eigenvalue weighted by Crippen LogP contribution is 2.34. The molecule has 5 nitrogen and oxygen atoms in total. The third-order valence-electron chi connectivity index (χ3n) is 3.48. The first-order chi connectivity index (χ1) is 10.0. The first-order valence-electron chi connectivity index (χ1n) is 6.80. The van der Waals surface area contributed by atoms with E-state index in [0.717, 1.165) is 16.9 Å². The van der Waals surface area contributed by atoms with Crippen LogP contribution in [0.5, 0.6) is 11.5 Å². The number of halogens is 1. The van der Waals surface area contributed by atoms with Gasteiger partial charge in [0.1, 0.15) is 5.82 Å². The molecule has 0 aliphatic rings. The maximum absolute atomic E-state index is 6.27. The van der Waals surface area contributed by atoms with E-state index < -0.39 is 0 Å². The van der Waals surface area contributed by atoms with E-state index in [1.54, 1.807) is 21.3 Å². The smallest absolute Gasteiger partial charge is 0.163 e. The van der Waals surface area contributed by atoms with Gasteiger partial charge in [-0.2, -0.15) is 0 Å². The number of imidazole rings is 1. The van der Waals surface area contributed by atoms with Gasteiger partial charge in [-0.3, -0.25) is 0 Å². The zero-order valence-corrected chi connectivity index (χ0v) is 13.8. The van der Waals surface area contributed by atoms with Crippen LogP contribution in [0.15, 0.2) is 12.1 Å². The van der Waals surface area contributed by atoms with Crippen LogP contribution in [-0.2, 0) is 11.3 Å². The number of fused-ring (bicyclic) bond motifs is 1. The van der Waals surface area contributed by atoms with Crippen molar-refractivity contribution in [1.82, 2.24) is 9.55 Å². The van der Waals surface area contributed by atoms with Crippen LogP contribution in [0.2, 0.25) is 0 Å². The number of hydrogen-bond acceptors (Lipinski definition) is 4. The van der Waals surface area contributed by atoms with Crippen molar-refractivity contribution in [2.24, 2.45) is 0 Å². The summed E-state index contributed by atoms with van der Waals surface area (Å²) >= 11 is 6.27. The standard InChI is InChI=1S/C15H21ClN2O3/c1-9(19-3)8-18-12-7-14(21-5)13(20-4)6-11(12)17-15(18)10(2)16/h6-7,9-10H,8H2,1-5H3. The van der Waals surface area contributed by atoms with Gasteiger partial charge in [-0.25, -0.2) is 4.98 Å². The Balaban J connectivity index is 2.64. The van der Waals surface area contributed by atoms with Crippen LogP contribution in [-0.4, -0.2) is 37.0 Å². The molecule has 0 aliphatic carbocycles. The highest BCUT2D eigenvalue weighted by Gasteiger charge is 2.19. The average Bonchev–Trinajstić information content (AvgIpc) is 2.83. The monoisotopic (exact) mass is 312 g/mol. The normalized spacial score (nSPS) is 14.2. The van der Waals surface area contributed by atoms with Crippen molar-refractivity contribution in [3.05, 3.63) is 18.0 Å². The quantitative estimate of drug-likeness (QED) is 0.767. The molecule has 2 atom stereocenters. The number of aromatic nitrogens is 2. The molecule has 1 heterocycles. The van der Waals surface area contributed by atoms with Crippen LogP contribution < -0.4 is 9.47 Å². The molecule has 0 saturated heterocycles. The van der Waals surface area contributed by atoms with Gasteiger partial charge in [0.05, 0.1) is 43.3 Å². The topological polar surface area (TPSA) is 45.5 Å². The molecule has 0 bridgehead atoms. The van der Waals surface area contributed by atoms with Crippen LogP contribution in [0.3, 0.4) is 0 Å². The maximum atomic E-state index is 6.27. The van der Waals surface area contributed by atoms with E-state index in [1.807, 2.05) is 26.0 Å². The van der Waals surface area contributed by atoms with Crippen LogP contribution in [0, 0.1) is 0 Å². The number of hydrogen-bond donors (Lipinski definition) is 0. The highest BCUT2D eigenvalue weighted by atomic mass is 35.5. The fourth-order valence-electron chi connectivity index (χ4n) is 2.30. The predicted molar refractivity (Wildman–Crippen MR) is 83.6 cm³/mol. The third kappa shape index (κ3) is 3.09. The number of alkyl halides is 1. The minimum atomic E-state index is -0.196. The van der Waals surface area contributed by atoms with Crippen LogP contribution in [0.25, 0.3) is 11.0 Å². The molecule has 0 aliphatic heterocycles. The number of benzene rings is 1. The lowest BCUT2D eigenvalue weighted by Crippen LogP contribution is -2.17. The summed E-state index contributed by atoms with van der Waals surface area (Å²) in [5.41, 5.74) is 1.79. The molecule has 0 N–H and O–H groups in total. The van der Waals surface area contributed by atoms with Gasteiger partial charge in [0.15, 0.2) is 11.5 Å². The fraction of sp³-hybridized carbons (Fsp3) is 0.533. The van der Waals surface area contributed by atoms with Crippen molar-refractivity contribution >= 4 is 22.6 Å². The van der Waals surface area contributed by atoms with Gasteiger partial charge < -0.3 is 18.8 Å². The lowest BCUT2D eigenvalue weighted by atomic mass is 10.2. The summed E-state index contributed by atoms with van der Waals surface area (Å²) < 4.78 is 18.1. The molecule has 0 fully saturated rings. The SMILES string of the molecule is COc1cc2nc(C(C)Cl)n(CC(C)OC)c2cc1OC. The molecule has 6 heteroatoms. The molecule has 0 radical (unpaired) electrons. The number of nitrogens with zero attached hydrogens (tertiary/aromatic N) is 2. The Hall–Kier alpha value is -1.46. The molecule has 21 heavy (non-hydrogen) atoms. The minimum absolute atomic E-state index is 0.0599. The third-order valence-corrected chi connectivity index (χ3v) is 3.68. The van der Waals surface area contributed by atoms with E-state index in [1.165, 1.54) is 0 Å². The van der Waals surface area contributed by atoms with Gasteiger partial charge in [-0.1, -0.05) is 0 Å². The number of methoxy groups -OCH3 is 3. The molecule has 0 saturated carbocycles. The molecule has 0 amide bonds. The maximum Gasteiger partial charge on any atom is 0.163 e. The number of rotatable bonds is 6. The second kappa shape index (κ2) is 6.54. The summed E-state index contributed by atoms with van der Waals surface area (Å²) in [6.45, 7) is 4.59. The van der Waals surface area contributed by atoms with Crippen LogP contribution in [0.1, 0.15) is 25.0 Å². The first-order valence-corrected chi connectivity index (χ1v) is 7.24. The van der Waals surface area contributed by atoms with E-state index in [-0.39, 0.29) is 11.5 Å². The number of ether oxygens (including phenoxy) is 3. The van der Waals surface area contributed by atoms with Crippen molar-refractivity contribution in [3.8, 4) is 11.5 Å². The summed E-state index contributed by atoms with van der Waals surface area (Å²) in [6, 6.07) is 3.79. The Bertz CT molecular complexity index is 625. The Morgan fingerprint density at radius 1 is 1.14 bits per heavy atom. The predicted octanol–water partition coefficient (Wildman–Crippen LogP) is 3.39. The first kappa shape index (κ1) is 15.9. The molecule has 2 aromatic rings. The summed E-state index contributed by atoms with van der Waals surface area (Å²) in [4.78, 5) is 4.62. The van der Waals surface area contributed by atoms with Gasteiger partial charge in [-0.15, -0.1) is 11.6 Å². The second-order valence-corrected chi connectivity index (χ2v) is 5.59. The molecule has 1 aromatic carbocycles. The zero-order chi connectivity index (χ0) is 15.6.